The third kappa shape index (κ3) is 1.83. The van der Waals surface area contributed by atoms with Crippen LogP contribution in [0.4, 0.5) is 0 Å². The van der Waals surface area contributed by atoms with Crippen LogP contribution < -0.4 is 5.32 Å². The molecule has 3 heteroatoms. The minimum atomic E-state index is 0.150. The minimum absolute atomic E-state index is 0.150. The summed E-state index contributed by atoms with van der Waals surface area (Å²) in [5.74, 6) is 1.02. The normalized spacial score (nSPS) is 12.9. The van der Waals surface area contributed by atoms with Gasteiger partial charge in [-0.2, -0.15) is 0 Å². The third-order valence-electron chi connectivity index (χ3n) is 2.58. The van der Waals surface area contributed by atoms with Crippen molar-refractivity contribution < 1.29 is 8.83 Å². The summed E-state index contributed by atoms with van der Waals surface area (Å²) >= 11 is 0. The fraction of sp³-hybridized carbons (Fsp3) is 0.333. The zero-order valence-electron chi connectivity index (χ0n) is 8.99. The Morgan fingerprint density at radius 2 is 2.20 bits per heavy atom. The number of furan rings is 2. The van der Waals surface area contributed by atoms with E-state index in [0.717, 1.165) is 17.7 Å². The Balaban J connectivity index is 2.35. The molecule has 3 nitrogen and oxygen atoms in total. The molecule has 2 heterocycles. The highest BCUT2D eigenvalue weighted by molar-refractivity contribution is 5.31. The van der Waals surface area contributed by atoms with E-state index in [9.17, 15) is 0 Å². The van der Waals surface area contributed by atoms with Gasteiger partial charge < -0.3 is 14.2 Å². The molecule has 0 radical (unpaired) electrons. The van der Waals surface area contributed by atoms with Crippen molar-refractivity contribution in [2.24, 2.45) is 0 Å². The lowest BCUT2D eigenvalue weighted by Crippen LogP contribution is -2.17. The number of nitrogens with one attached hydrogen (secondary N) is 1. The van der Waals surface area contributed by atoms with Crippen LogP contribution in [-0.2, 0) is 6.42 Å². The molecule has 2 aromatic heterocycles. The zero-order chi connectivity index (χ0) is 10.7. The maximum Gasteiger partial charge on any atom is 0.108 e. The molecule has 80 valence electrons. The van der Waals surface area contributed by atoms with Gasteiger partial charge in [-0.1, -0.05) is 6.92 Å². The van der Waals surface area contributed by atoms with E-state index >= 15 is 0 Å². The van der Waals surface area contributed by atoms with E-state index in [2.05, 4.69) is 12.2 Å². The fourth-order valence-corrected chi connectivity index (χ4v) is 1.84. The van der Waals surface area contributed by atoms with Crippen LogP contribution in [0.25, 0.3) is 0 Å². The molecule has 0 bridgehead atoms. The molecule has 0 spiro atoms. The van der Waals surface area contributed by atoms with Crippen LogP contribution in [0.1, 0.15) is 29.9 Å². The molecule has 1 unspecified atom stereocenters. The lowest BCUT2D eigenvalue weighted by Gasteiger charge is -2.13. The minimum Gasteiger partial charge on any atom is -0.472 e. The van der Waals surface area contributed by atoms with E-state index in [-0.39, 0.29) is 6.04 Å². The van der Waals surface area contributed by atoms with Gasteiger partial charge in [-0.05, 0) is 19.2 Å². The van der Waals surface area contributed by atoms with Crippen LogP contribution in [0.5, 0.6) is 0 Å². The van der Waals surface area contributed by atoms with E-state index in [0.29, 0.717) is 0 Å². The molecule has 0 aliphatic rings. The van der Waals surface area contributed by atoms with Gasteiger partial charge in [-0.3, -0.25) is 0 Å². The van der Waals surface area contributed by atoms with Crippen LogP contribution in [0, 0.1) is 0 Å². The van der Waals surface area contributed by atoms with E-state index in [1.54, 1.807) is 18.8 Å². The molecule has 0 aromatic carbocycles. The number of hydrogen-bond donors (Lipinski definition) is 1. The second kappa shape index (κ2) is 4.36. The first-order valence-electron chi connectivity index (χ1n) is 5.12. The molecule has 1 atom stereocenters. The molecule has 2 rings (SSSR count). The molecule has 0 saturated heterocycles. The Labute approximate surface area is 89.1 Å². The molecule has 1 N–H and O–H groups in total. The molecular formula is C12H15NO2. The first kappa shape index (κ1) is 10.1. The molecule has 0 aliphatic carbocycles. The summed E-state index contributed by atoms with van der Waals surface area (Å²) in [5, 5.41) is 3.26. The number of hydrogen-bond acceptors (Lipinski definition) is 3. The second-order valence-electron chi connectivity index (χ2n) is 3.43. The Bertz CT molecular complexity index is 403. The summed E-state index contributed by atoms with van der Waals surface area (Å²) < 4.78 is 10.5. The number of aryl methyl sites for hydroxylation is 1. The maximum absolute atomic E-state index is 5.42. The van der Waals surface area contributed by atoms with E-state index < -0.39 is 0 Å². The quantitative estimate of drug-likeness (QED) is 0.834. The van der Waals surface area contributed by atoms with Crippen molar-refractivity contribution in [3.8, 4) is 0 Å². The maximum atomic E-state index is 5.42. The smallest absolute Gasteiger partial charge is 0.108 e. The highest BCUT2D eigenvalue weighted by Crippen LogP contribution is 2.26. The standard InChI is InChI=1S/C12H15NO2/c1-3-11-10(5-7-15-11)12(13-2)9-4-6-14-8-9/h4-8,12-13H,3H2,1-2H3. The zero-order valence-corrected chi connectivity index (χ0v) is 8.99. The topological polar surface area (TPSA) is 38.3 Å². The molecular weight excluding hydrogens is 190 g/mol. The van der Waals surface area contributed by atoms with Crippen molar-refractivity contribution >= 4 is 0 Å². The Kier molecular flexibility index (Phi) is 2.92. The first-order chi connectivity index (χ1) is 7.36. The van der Waals surface area contributed by atoms with Crippen molar-refractivity contribution in [1.82, 2.24) is 5.32 Å². The molecule has 15 heavy (non-hydrogen) atoms. The Hall–Kier alpha value is -1.48. The molecule has 0 fully saturated rings. The molecule has 2 aromatic rings. The predicted octanol–water partition coefficient (Wildman–Crippen LogP) is 2.74. The average molecular weight is 205 g/mol. The van der Waals surface area contributed by atoms with Gasteiger partial charge in [0.05, 0.1) is 24.8 Å². The summed E-state index contributed by atoms with van der Waals surface area (Å²) in [6, 6.07) is 4.12. The predicted molar refractivity (Wildman–Crippen MR) is 57.7 cm³/mol. The van der Waals surface area contributed by atoms with Crippen LogP contribution in [0.15, 0.2) is 39.8 Å². The van der Waals surface area contributed by atoms with Gasteiger partial charge >= 0.3 is 0 Å². The van der Waals surface area contributed by atoms with Gasteiger partial charge in [0.15, 0.2) is 0 Å². The van der Waals surface area contributed by atoms with Gasteiger partial charge in [0.2, 0.25) is 0 Å². The Morgan fingerprint density at radius 1 is 1.33 bits per heavy atom. The van der Waals surface area contributed by atoms with Crippen LogP contribution >= 0.6 is 0 Å². The molecule has 0 saturated carbocycles. The third-order valence-corrected chi connectivity index (χ3v) is 2.58. The lowest BCUT2D eigenvalue weighted by atomic mass is 10.0. The Morgan fingerprint density at radius 3 is 2.80 bits per heavy atom. The van der Waals surface area contributed by atoms with Crippen LogP contribution in [0.2, 0.25) is 0 Å². The van der Waals surface area contributed by atoms with Crippen LogP contribution in [0.3, 0.4) is 0 Å². The van der Waals surface area contributed by atoms with Gasteiger partial charge in [-0.25, -0.2) is 0 Å². The van der Waals surface area contributed by atoms with Gasteiger partial charge in [-0.15, -0.1) is 0 Å². The second-order valence-corrected chi connectivity index (χ2v) is 3.43. The van der Waals surface area contributed by atoms with E-state index in [4.69, 9.17) is 8.83 Å². The molecule has 0 aliphatic heterocycles. The number of rotatable bonds is 4. The highest BCUT2D eigenvalue weighted by atomic mass is 16.3. The van der Waals surface area contributed by atoms with Crippen molar-refractivity contribution in [3.05, 3.63) is 47.8 Å². The van der Waals surface area contributed by atoms with Crippen molar-refractivity contribution in [1.29, 1.82) is 0 Å². The van der Waals surface area contributed by atoms with E-state index in [1.165, 1.54) is 5.56 Å². The summed E-state index contributed by atoms with van der Waals surface area (Å²) in [7, 11) is 1.93. The fourth-order valence-electron chi connectivity index (χ4n) is 1.84. The summed E-state index contributed by atoms with van der Waals surface area (Å²) in [4.78, 5) is 0. The first-order valence-corrected chi connectivity index (χ1v) is 5.12. The van der Waals surface area contributed by atoms with Gasteiger partial charge in [0, 0.05) is 17.5 Å². The average Bonchev–Trinajstić information content (AvgIpc) is 2.89. The summed E-state index contributed by atoms with van der Waals surface area (Å²) in [5.41, 5.74) is 2.30. The SMILES string of the molecule is CCc1occc1C(NC)c1ccoc1. The monoisotopic (exact) mass is 205 g/mol. The van der Waals surface area contributed by atoms with Crippen LogP contribution in [-0.4, -0.2) is 7.05 Å². The van der Waals surface area contributed by atoms with Crippen molar-refractivity contribution in [3.63, 3.8) is 0 Å². The largest absolute Gasteiger partial charge is 0.472 e. The highest BCUT2D eigenvalue weighted by Gasteiger charge is 2.17. The van der Waals surface area contributed by atoms with E-state index in [1.807, 2.05) is 19.2 Å². The molecule has 0 amide bonds. The van der Waals surface area contributed by atoms with Gasteiger partial charge in [0.25, 0.3) is 0 Å². The summed E-state index contributed by atoms with van der Waals surface area (Å²) in [6.45, 7) is 2.09. The van der Waals surface area contributed by atoms with Crippen molar-refractivity contribution in [2.75, 3.05) is 7.05 Å². The summed E-state index contributed by atoms with van der Waals surface area (Å²) in [6.07, 6.45) is 6.08. The lowest BCUT2D eigenvalue weighted by molar-refractivity contribution is 0.503. The van der Waals surface area contributed by atoms with Gasteiger partial charge in [0.1, 0.15) is 5.76 Å². The van der Waals surface area contributed by atoms with Crippen molar-refractivity contribution in [2.45, 2.75) is 19.4 Å².